The Bertz CT molecular complexity index is 1640. The molecule has 0 saturated carbocycles. The van der Waals surface area contributed by atoms with E-state index in [1.54, 1.807) is 60.7 Å². The molecule has 0 saturated heterocycles. The van der Waals surface area contributed by atoms with Crippen molar-refractivity contribution in [1.29, 1.82) is 0 Å². The first-order valence-electron chi connectivity index (χ1n) is 14.3. The van der Waals surface area contributed by atoms with Crippen LogP contribution in [0.2, 0.25) is 0 Å². The van der Waals surface area contributed by atoms with Gasteiger partial charge in [-0.15, -0.1) is 0 Å². The number of carbonyl (C=O) groups excluding carboxylic acids is 1. The smallest absolute Gasteiger partial charge is 0.475 e. The van der Waals surface area contributed by atoms with E-state index >= 15 is 0 Å². The summed E-state index contributed by atoms with van der Waals surface area (Å²) < 4.78 is 76.9. The molecule has 240 valence electrons. The predicted octanol–water partition coefficient (Wildman–Crippen LogP) is 6.75. The van der Waals surface area contributed by atoms with Crippen molar-refractivity contribution < 1.29 is 51.0 Å². The van der Waals surface area contributed by atoms with E-state index < -0.39 is 50.0 Å². The molecular weight excluding hydrogens is 621 g/mol. The molecule has 5 rings (SSSR count). The molecule has 4 aromatic carbocycles. The SMILES string of the molecule is O=C1O[C@H]([C@H](CO)OP(=O)(OCc2ccccc2)OCc2ccccc2)C(OCc2ccccc2F)=C1OCc1ccccc1F. The second kappa shape index (κ2) is 15.8. The summed E-state index contributed by atoms with van der Waals surface area (Å²) in [6, 6.07) is 29.3. The van der Waals surface area contributed by atoms with Crippen molar-refractivity contribution in [2.45, 2.75) is 38.6 Å². The maximum atomic E-state index is 14.4. The fourth-order valence-electron chi connectivity index (χ4n) is 4.41. The van der Waals surface area contributed by atoms with Gasteiger partial charge in [0.15, 0.2) is 11.9 Å². The fraction of sp³-hybridized carbons (Fsp3) is 0.206. The first-order valence-corrected chi connectivity index (χ1v) is 15.7. The van der Waals surface area contributed by atoms with Gasteiger partial charge < -0.3 is 19.3 Å². The number of benzene rings is 4. The minimum Gasteiger partial charge on any atom is -0.485 e. The van der Waals surface area contributed by atoms with E-state index in [2.05, 4.69) is 0 Å². The van der Waals surface area contributed by atoms with Gasteiger partial charge >= 0.3 is 13.8 Å². The minimum absolute atomic E-state index is 0.141. The minimum atomic E-state index is -4.48. The summed E-state index contributed by atoms with van der Waals surface area (Å²) in [5.41, 5.74) is 1.62. The molecule has 1 N–H and O–H groups in total. The summed E-state index contributed by atoms with van der Waals surface area (Å²) in [5, 5.41) is 10.4. The summed E-state index contributed by atoms with van der Waals surface area (Å²) in [7, 11) is -4.48. The number of phosphoric ester groups is 1. The number of phosphoric acid groups is 1. The largest absolute Gasteiger partial charge is 0.485 e. The highest BCUT2D eigenvalue weighted by atomic mass is 31.2. The molecule has 0 bridgehead atoms. The van der Waals surface area contributed by atoms with Gasteiger partial charge in [0, 0.05) is 11.1 Å². The lowest BCUT2D eigenvalue weighted by Crippen LogP contribution is -2.35. The Kier molecular flexibility index (Phi) is 11.3. The molecule has 1 aliphatic rings. The van der Waals surface area contributed by atoms with Gasteiger partial charge in [0.2, 0.25) is 5.76 Å². The maximum absolute atomic E-state index is 14.4. The molecule has 0 spiro atoms. The number of carbonyl (C=O) groups is 1. The summed E-state index contributed by atoms with van der Waals surface area (Å²) in [6.07, 6.45) is -3.07. The van der Waals surface area contributed by atoms with E-state index in [-0.39, 0.29) is 43.3 Å². The van der Waals surface area contributed by atoms with Gasteiger partial charge in [-0.3, -0.25) is 13.6 Å². The van der Waals surface area contributed by atoms with Crippen LogP contribution in [0.15, 0.2) is 121 Å². The Balaban J connectivity index is 1.42. The number of hydrogen-bond acceptors (Lipinski definition) is 9. The monoisotopic (exact) mass is 652 g/mol. The topological polar surface area (TPSA) is 110 Å². The normalized spacial score (nSPS) is 15.5. The number of halogens is 2. The maximum Gasteiger partial charge on any atom is 0.475 e. The van der Waals surface area contributed by atoms with Crippen LogP contribution in [0.4, 0.5) is 8.78 Å². The van der Waals surface area contributed by atoms with Crippen LogP contribution in [0, 0.1) is 11.6 Å². The van der Waals surface area contributed by atoms with Crippen LogP contribution in [-0.4, -0.2) is 29.9 Å². The number of hydrogen-bond donors (Lipinski definition) is 1. The Hall–Kier alpha value is -4.38. The van der Waals surface area contributed by atoms with Crippen molar-refractivity contribution in [2.24, 2.45) is 0 Å². The van der Waals surface area contributed by atoms with Crippen LogP contribution in [-0.2, 0) is 63.6 Å². The molecule has 0 aliphatic carbocycles. The molecule has 0 unspecified atom stereocenters. The van der Waals surface area contributed by atoms with Crippen LogP contribution in [0.5, 0.6) is 0 Å². The van der Waals surface area contributed by atoms with Crippen molar-refractivity contribution in [3.8, 4) is 0 Å². The molecule has 0 aromatic heterocycles. The second-order valence-electron chi connectivity index (χ2n) is 10.1. The highest BCUT2D eigenvalue weighted by molar-refractivity contribution is 7.48. The molecule has 1 aliphatic heterocycles. The Morgan fingerprint density at radius 2 is 1.17 bits per heavy atom. The molecule has 0 amide bonds. The van der Waals surface area contributed by atoms with E-state index in [0.29, 0.717) is 11.1 Å². The van der Waals surface area contributed by atoms with Gasteiger partial charge in [-0.25, -0.2) is 18.1 Å². The third kappa shape index (κ3) is 8.66. The highest BCUT2D eigenvalue weighted by Crippen LogP contribution is 2.53. The van der Waals surface area contributed by atoms with Crippen molar-refractivity contribution in [3.05, 3.63) is 155 Å². The molecule has 46 heavy (non-hydrogen) atoms. The van der Waals surface area contributed by atoms with Crippen molar-refractivity contribution >= 4 is 13.8 Å². The first-order chi connectivity index (χ1) is 22.3. The van der Waals surface area contributed by atoms with E-state index in [4.69, 9.17) is 27.8 Å². The summed E-state index contributed by atoms with van der Waals surface area (Å²) in [6.45, 7) is -1.91. The Morgan fingerprint density at radius 1 is 0.696 bits per heavy atom. The van der Waals surface area contributed by atoms with Gasteiger partial charge in [0.05, 0.1) is 19.8 Å². The molecule has 12 heteroatoms. The zero-order valence-electron chi connectivity index (χ0n) is 24.5. The predicted molar refractivity (Wildman–Crippen MR) is 161 cm³/mol. The number of ether oxygens (including phenoxy) is 3. The van der Waals surface area contributed by atoms with E-state index in [9.17, 15) is 23.2 Å². The standard InChI is InChI=1S/C34H31F2O9P/c35-28-17-9-7-15-26(28)22-40-32-31(44-34(38)33(32)41-23-27-16-8-10-18-29(27)36)30(19-37)45-46(39,42-20-24-11-3-1-4-12-24)43-21-25-13-5-2-6-14-25/h1-18,30-31,37H,19-23H2/t30-,31+/m0/s1. The molecule has 1 heterocycles. The number of esters is 1. The van der Waals surface area contributed by atoms with Gasteiger partial charge in [-0.2, -0.15) is 0 Å². The zero-order chi connectivity index (χ0) is 32.4. The van der Waals surface area contributed by atoms with Crippen LogP contribution in [0.1, 0.15) is 22.3 Å². The molecule has 2 atom stereocenters. The van der Waals surface area contributed by atoms with Crippen LogP contribution in [0.25, 0.3) is 0 Å². The number of cyclic esters (lactones) is 1. The van der Waals surface area contributed by atoms with Gasteiger partial charge in [-0.05, 0) is 23.3 Å². The third-order valence-corrected chi connectivity index (χ3v) is 8.24. The fourth-order valence-corrected chi connectivity index (χ4v) is 5.73. The molecular formula is C34H31F2O9P. The van der Waals surface area contributed by atoms with E-state index in [0.717, 1.165) is 0 Å². The number of aliphatic hydroxyl groups is 1. The number of aliphatic hydroxyl groups excluding tert-OH is 1. The van der Waals surface area contributed by atoms with Gasteiger partial charge in [0.1, 0.15) is 31.0 Å². The van der Waals surface area contributed by atoms with Crippen LogP contribution < -0.4 is 0 Å². The quantitative estimate of drug-likeness (QED) is 0.104. The lowest BCUT2D eigenvalue weighted by molar-refractivity contribution is -0.148. The lowest BCUT2D eigenvalue weighted by Gasteiger charge is -2.27. The van der Waals surface area contributed by atoms with E-state index in [1.807, 2.05) is 12.1 Å². The third-order valence-electron chi connectivity index (χ3n) is 6.82. The molecule has 9 nitrogen and oxygen atoms in total. The average Bonchev–Trinajstić information content (AvgIpc) is 3.40. The van der Waals surface area contributed by atoms with Crippen molar-refractivity contribution in [1.82, 2.24) is 0 Å². The van der Waals surface area contributed by atoms with Crippen molar-refractivity contribution in [3.63, 3.8) is 0 Å². The molecule has 0 fully saturated rings. The average molecular weight is 653 g/mol. The van der Waals surface area contributed by atoms with Crippen LogP contribution in [0.3, 0.4) is 0 Å². The summed E-state index contributed by atoms with van der Waals surface area (Å²) >= 11 is 0. The second-order valence-corrected chi connectivity index (χ2v) is 11.7. The highest BCUT2D eigenvalue weighted by Gasteiger charge is 2.46. The number of rotatable bonds is 16. The molecule has 0 radical (unpaired) electrons. The van der Waals surface area contributed by atoms with Crippen LogP contribution >= 0.6 is 7.82 Å². The summed E-state index contributed by atoms with van der Waals surface area (Å²) in [4.78, 5) is 13.1. The lowest BCUT2D eigenvalue weighted by atomic mass is 10.1. The summed E-state index contributed by atoms with van der Waals surface area (Å²) in [5.74, 6) is -2.87. The molecule has 4 aromatic rings. The van der Waals surface area contributed by atoms with Gasteiger partial charge in [0.25, 0.3) is 0 Å². The van der Waals surface area contributed by atoms with Crippen molar-refractivity contribution in [2.75, 3.05) is 6.61 Å². The van der Waals surface area contributed by atoms with E-state index in [1.165, 1.54) is 36.4 Å². The first kappa shape index (κ1) is 33.0. The zero-order valence-corrected chi connectivity index (χ0v) is 25.4. The Labute approximate surface area is 264 Å². The Morgan fingerprint density at radius 3 is 1.67 bits per heavy atom. The van der Waals surface area contributed by atoms with Gasteiger partial charge in [-0.1, -0.05) is 97.1 Å².